The number of amides is 1. The molecule has 25 heavy (non-hydrogen) atoms. The Morgan fingerprint density at radius 3 is 2.88 bits per heavy atom. The van der Waals surface area contributed by atoms with Crippen LogP contribution in [0.5, 0.6) is 0 Å². The summed E-state index contributed by atoms with van der Waals surface area (Å²) < 4.78 is 5.47. The predicted octanol–water partition coefficient (Wildman–Crippen LogP) is 2.32. The molecule has 3 N–H and O–H groups in total. The van der Waals surface area contributed by atoms with E-state index in [1.807, 2.05) is 18.2 Å². The third-order valence-corrected chi connectivity index (χ3v) is 4.53. The van der Waals surface area contributed by atoms with Crippen molar-refractivity contribution in [2.24, 2.45) is 5.73 Å². The van der Waals surface area contributed by atoms with E-state index in [0.717, 1.165) is 18.7 Å². The second kappa shape index (κ2) is 8.29. The zero-order chi connectivity index (χ0) is 17.6. The number of aromatic nitrogens is 1. The molecular weight excluding hydrogens is 340 g/mol. The standard InChI is InChI=1S/C18H21ClN4O2/c19-14-3-1-2-13(10-14)17(23-6-8-25-9-7-23)12-22-16-4-5-21-11-15(16)18(20)24/h1-5,10-11,17H,6-9,12H2,(H2,20,24)(H,21,22). The van der Waals surface area contributed by atoms with E-state index in [4.69, 9.17) is 22.1 Å². The fourth-order valence-electron chi connectivity index (χ4n) is 3.01. The van der Waals surface area contributed by atoms with Gasteiger partial charge in [0.1, 0.15) is 0 Å². The molecule has 1 aliphatic heterocycles. The molecule has 6 nitrogen and oxygen atoms in total. The molecule has 1 saturated heterocycles. The van der Waals surface area contributed by atoms with E-state index >= 15 is 0 Å². The molecule has 1 fully saturated rings. The predicted molar refractivity (Wildman–Crippen MR) is 97.8 cm³/mol. The van der Waals surface area contributed by atoms with Gasteiger partial charge in [-0.3, -0.25) is 14.7 Å². The Kier molecular flexibility index (Phi) is 5.86. The van der Waals surface area contributed by atoms with Crippen molar-refractivity contribution >= 4 is 23.2 Å². The summed E-state index contributed by atoms with van der Waals surface area (Å²) in [4.78, 5) is 17.9. The highest BCUT2D eigenvalue weighted by atomic mass is 35.5. The molecule has 1 atom stereocenters. The molecule has 0 spiro atoms. The molecule has 0 radical (unpaired) electrons. The number of carbonyl (C=O) groups is 1. The van der Waals surface area contributed by atoms with Crippen molar-refractivity contribution in [1.29, 1.82) is 0 Å². The highest BCUT2D eigenvalue weighted by Gasteiger charge is 2.23. The van der Waals surface area contributed by atoms with Crippen LogP contribution in [-0.4, -0.2) is 48.6 Å². The second-order valence-electron chi connectivity index (χ2n) is 5.89. The average Bonchev–Trinajstić information content (AvgIpc) is 2.63. The van der Waals surface area contributed by atoms with Gasteiger partial charge in [0, 0.05) is 37.1 Å². The number of hydrogen-bond donors (Lipinski definition) is 2. The number of halogens is 1. The first kappa shape index (κ1) is 17.7. The molecule has 1 aromatic carbocycles. The summed E-state index contributed by atoms with van der Waals surface area (Å²) in [5, 5.41) is 4.05. The molecule has 0 saturated carbocycles. The largest absolute Gasteiger partial charge is 0.382 e. The van der Waals surface area contributed by atoms with Crippen LogP contribution >= 0.6 is 11.6 Å². The highest BCUT2D eigenvalue weighted by molar-refractivity contribution is 6.30. The number of pyridine rings is 1. The maximum atomic E-state index is 11.6. The molecule has 1 unspecified atom stereocenters. The minimum absolute atomic E-state index is 0.108. The van der Waals surface area contributed by atoms with E-state index in [2.05, 4.69) is 21.3 Å². The molecule has 7 heteroatoms. The summed E-state index contributed by atoms with van der Waals surface area (Å²) in [7, 11) is 0. The fraction of sp³-hybridized carbons (Fsp3) is 0.333. The Bertz CT molecular complexity index is 735. The maximum Gasteiger partial charge on any atom is 0.252 e. The fourth-order valence-corrected chi connectivity index (χ4v) is 3.21. The number of carbonyl (C=O) groups excluding carboxylic acids is 1. The van der Waals surface area contributed by atoms with Crippen molar-refractivity contribution in [2.45, 2.75) is 6.04 Å². The summed E-state index contributed by atoms with van der Waals surface area (Å²) in [6, 6.07) is 9.72. The molecule has 2 aromatic rings. The van der Waals surface area contributed by atoms with Gasteiger partial charge in [-0.05, 0) is 23.8 Å². The Morgan fingerprint density at radius 1 is 1.36 bits per heavy atom. The van der Waals surface area contributed by atoms with E-state index in [9.17, 15) is 4.79 Å². The lowest BCUT2D eigenvalue weighted by atomic mass is 10.0. The molecular formula is C18H21ClN4O2. The maximum absolute atomic E-state index is 11.6. The number of nitrogens with zero attached hydrogens (tertiary/aromatic N) is 2. The van der Waals surface area contributed by atoms with E-state index in [-0.39, 0.29) is 6.04 Å². The summed E-state index contributed by atoms with van der Waals surface area (Å²) >= 11 is 6.18. The van der Waals surface area contributed by atoms with Gasteiger partial charge >= 0.3 is 0 Å². The number of rotatable bonds is 6. The van der Waals surface area contributed by atoms with Crippen molar-refractivity contribution in [3.63, 3.8) is 0 Å². The van der Waals surface area contributed by atoms with Gasteiger partial charge in [0.05, 0.1) is 30.5 Å². The van der Waals surface area contributed by atoms with E-state index in [1.165, 1.54) is 6.20 Å². The van der Waals surface area contributed by atoms with Crippen LogP contribution in [0.3, 0.4) is 0 Å². The van der Waals surface area contributed by atoms with Crippen LogP contribution in [0.1, 0.15) is 22.0 Å². The molecule has 1 amide bonds. The quantitative estimate of drug-likeness (QED) is 0.826. The minimum atomic E-state index is -0.499. The van der Waals surface area contributed by atoms with Crippen molar-refractivity contribution < 1.29 is 9.53 Å². The lowest BCUT2D eigenvalue weighted by Gasteiger charge is -2.35. The van der Waals surface area contributed by atoms with Crippen LogP contribution in [0.4, 0.5) is 5.69 Å². The Morgan fingerprint density at radius 2 is 2.16 bits per heavy atom. The molecule has 3 rings (SSSR count). The second-order valence-corrected chi connectivity index (χ2v) is 6.32. The zero-order valence-corrected chi connectivity index (χ0v) is 14.6. The number of anilines is 1. The summed E-state index contributed by atoms with van der Waals surface area (Å²) in [6.07, 6.45) is 3.12. The van der Waals surface area contributed by atoms with Gasteiger partial charge in [-0.25, -0.2) is 0 Å². The van der Waals surface area contributed by atoms with Crippen molar-refractivity contribution in [2.75, 3.05) is 38.2 Å². The lowest BCUT2D eigenvalue weighted by Crippen LogP contribution is -2.41. The van der Waals surface area contributed by atoms with E-state index in [1.54, 1.807) is 12.3 Å². The van der Waals surface area contributed by atoms with Crippen molar-refractivity contribution in [1.82, 2.24) is 9.88 Å². The summed E-state index contributed by atoms with van der Waals surface area (Å²) in [5.41, 5.74) is 7.62. The zero-order valence-electron chi connectivity index (χ0n) is 13.8. The monoisotopic (exact) mass is 360 g/mol. The molecule has 0 bridgehead atoms. The van der Waals surface area contributed by atoms with Crippen LogP contribution in [0.2, 0.25) is 5.02 Å². The molecule has 2 heterocycles. The van der Waals surface area contributed by atoms with Crippen LogP contribution in [0.25, 0.3) is 0 Å². The highest BCUT2D eigenvalue weighted by Crippen LogP contribution is 2.25. The molecule has 132 valence electrons. The van der Waals surface area contributed by atoms with Gasteiger partial charge in [0.25, 0.3) is 5.91 Å². The topological polar surface area (TPSA) is 80.5 Å². The third kappa shape index (κ3) is 4.48. The Labute approximate surface area is 151 Å². The number of morpholine rings is 1. The minimum Gasteiger partial charge on any atom is -0.382 e. The van der Waals surface area contributed by atoms with Crippen LogP contribution in [-0.2, 0) is 4.74 Å². The van der Waals surface area contributed by atoms with Crippen molar-refractivity contribution in [3.8, 4) is 0 Å². The Balaban J connectivity index is 1.82. The molecule has 0 aliphatic carbocycles. The normalized spacial score (nSPS) is 16.4. The van der Waals surface area contributed by atoms with E-state index < -0.39 is 5.91 Å². The van der Waals surface area contributed by atoms with Gasteiger partial charge in [0.2, 0.25) is 0 Å². The Hall–Kier alpha value is -2.15. The van der Waals surface area contributed by atoms with Gasteiger partial charge in [-0.15, -0.1) is 0 Å². The lowest BCUT2D eigenvalue weighted by molar-refractivity contribution is 0.0187. The first-order valence-corrected chi connectivity index (χ1v) is 8.58. The first-order chi connectivity index (χ1) is 12.1. The van der Waals surface area contributed by atoms with Crippen molar-refractivity contribution in [3.05, 3.63) is 58.9 Å². The van der Waals surface area contributed by atoms with Gasteiger partial charge < -0.3 is 15.8 Å². The van der Waals surface area contributed by atoms with E-state index in [0.29, 0.717) is 36.0 Å². The number of ether oxygens (including phenoxy) is 1. The number of primary amides is 1. The summed E-state index contributed by atoms with van der Waals surface area (Å²) in [6.45, 7) is 3.72. The average molecular weight is 361 g/mol. The van der Waals surface area contributed by atoms with Crippen LogP contribution in [0.15, 0.2) is 42.7 Å². The van der Waals surface area contributed by atoms with Crippen LogP contribution < -0.4 is 11.1 Å². The number of hydrogen-bond acceptors (Lipinski definition) is 5. The van der Waals surface area contributed by atoms with Gasteiger partial charge in [-0.1, -0.05) is 23.7 Å². The smallest absolute Gasteiger partial charge is 0.252 e. The number of benzene rings is 1. The van der Waals surface area contributed by atoms with Gasteiger partial charge in [-0.2, -0.15) is 0 Å². The number of nitrogens with two attached hydrogens (primary N) is 1. The SMILES string of the molecule is NC(=O)c1cnccc1NCC(c1cccc(Cl)c1)N1CCOCC1. The summed E-state index contributed by atoms with van der Waals surface area (Å²) in [5.74, 6) is -0.499. The van der Waals surface area contributed by atoms with Gasteiger partial charge in [0.15, 0.2) is 0 Å². The third-order valence-electron chi connectivity index (χ3n) is 4.29. The number of nitrogens with one attached hydrogen (secondary N) is 1. The van der Waals surface area contributed by atoms with Crippen LogP contribution in [0, 0.1) is 0 Å². The molecule has 1 aliphatic rings. The first-order valence-electron chi connectivity index (χ1n) is 8.20. The molecule has 1 aromatic heterocycles.